The van der Waals surface area contributed by atoms with Crippen LogP contribution >= 0.6 is 0 Å². The maximum Gasteiger partial charge on any atom is -0.0200 e. The standard InChI is InChI=1S/C19H32/c1-13-10-11-14(2)17(16(13)4)18-15(3)9-7-8-12-19(18,5)6/h7-8,10,14-18H,9,11-12H2,1-6H3. The number of rotatable bonds is 1. The fourth-order valence-electron chi connectivity index (χ4n) is 4.83. The van der Waals surface area contributed by atoms with Gasteiger partial charge in [-0.15, -0.1) is 0 Å². The van der Waals surface area contributed by atoms with E-state index in [4.69, 9.17) is 0 Å². The van der Waals surface area contributed by atoms with Gasteiger partial charge < -0.3 is 0 Å². The van der Waals surface area contributed by atoms with E-state index in [0.717, 1.165) is 29.6 Å². The van der Waals surface area contributed by atoms with Crippen molar-refractivity contribution in [3.05, 3.63) is 23.8 Å². The molecule has 2 aliphatic rings. The van der Waals surface area contributed by atoms with Crippen molar-refractivity contribution >= 4 is 0 Å². The third-order valence-corrected chi connectivity index (χ3v) is 6.01. The van der Waals surface area contributed by atoms with Crippen LogP contribution in [0.5, 0.6) is 0 Å². The van der Waals surface area contributed by atoms with Crippen molar-refractivity contribution in [1.82, 2.24) is 0 Å². The second-order valence-electron chi connectivity index (χ2n) is 7.93. The Kier molecular flexibility index (Phi) is 4.28. The van der Waals surface area contributed by atoms with E-state index in [2.05, 4.69) is 59.8 Å². The largest absolute Gasteiger partial charge is 0.0882 e. The van der Waals surface area contributed by atoms with Crippen molar-refractivity contribution < 1.29 is 0 Å². The van der Waals surface area contributed by atoms with E-state index >= 15 is 0 Å². The first-order valence-electron chi connectivity index (χ1n) is 8.16. The molecule has 108 valence electrons. The Labute approximate surface area is 120 Å². The lowest BCUT2D eigenvalue weighted by Gasteiger charge is -2.48. The third-order valence-electron chi connectivity index (χ3n) is 6.01. The van der Waals surface area contributed by atoms with Crippen molar-refractivity contribution in [2.45, 2.75) is 60.8 Å². The first-order chi connectivity index (χ1) is 8.84. The summed E-state index contributed by atoms with van der Waals surface area (Å²) in [5, 5.41) is 0. The fraction of sp³-hybridized carbons (Fsp3) is 0.789. The minimum Gasteiger partial charge on any atom is -0.0882 e. The number of allylic oxidation sites excluding steroid dienone is 4. The second kappa shape index (κ2) is 5.46. The average molecular weight is 260 g/mol. The summed E-state index contributed by atoms with van der Waals surface area (Å²) in [6.45, 7) is 14.8. The summed E-state index contributed by atoms with van der Waals surface area (Å²) in [7, 11) is 0. The highest BCUT2D eigenvalue weighted by atomic mass is 14.5. The van der Waals surface area contributed by atoms with Crippen LogP contribution in [0.25, 0.3) is 0 Å². The quantitative estimate of drug-likeness (QED) is 0.518. The van der Waals surface area contributed by atoms with Crippen LogP contribution in [0.3, 0.4) is 0 Å². The van der Waals surface area contributed by atoms with Gasteiger partial charge in [0.1, 0.15) is 0 Å². The molecule has 2 rings (SSSR count). The molecular weight excluding hydrogens is 228 g/mol. The molecule has 0 aromatic carbocycles. The van der Waals surface area contributed by atoms with Gasteiger partial charge in [-0.25, -0.2) is 0 Å². The fourth-order valence-corrected chi connectivity index (χ4v) is 4.83. The minimum absolute atomic E-state index is 0.442. The zero-order chi connectivity index (χ0) is 14.2. The monoisotopic (exact) mass is 260 g/mol. The van der Waals surface area contributed by atoms with E-state index in [1.54, 1.807) is 5.57 Å². The summed E-state index contributed by atoms with van der Waals surface area (Å²) < 4.78 is 0. The number of hydrogen-bond acceptors (Lipinski definition) is 0. The molecule has 0 aromatic rings. The van der Waals surface area contributed by atoms with Gasteiger partial charge in [-0.05, 0) is 61.2 Å². The molecule has 2 aliphatic carbocycles. The Morgan fingerprint density at radius 2 is 1.68 bits per heavy atom. The van der Waals surface area contributed by atoms with E-state index in [1.165, 1.54) is 19.3 Å². The molecule has 5 atom stereocenters. The van der Waals surface area contributed by atoms with Crippen LogP contribution in [0, 0.1) is 35.0 Å². The SMILES string of the molecule is CC1=CCC(C)C(C2C(C)CC=CCC2(C)C)C1C. The smallest absolute Gasteiger partial charge is 0.0200 e. The lowest BCUT2D eigenvalue weighted by molar-refractivity contribution is 0.0304. The molecule has 0 aromatic heterocycles. The van der Waals surface area contributed by atoms with Crippen molar-refractivity contribution in [1.29, 1.82) is 0 Å². The number of hydrogen-bond donors (Lipinski definition) is 0. The van der Waals surface area contributed by atoms with Crippen LogP contribution in [0.4, 0.5) is 0 Å². The molecule has 0 fully saturated rings. The summed E-state index contributed by atoms with van der Waals surface area (Å²) in [5.41, 5.74) is 2.07. The van der Waals surface area contributed by atoms with Crippen molar-refractivity contribution in [2.24, 2.45) is 35.0 Å². The molecule has 5 unspecified atom stereocenters. The molecule has 0 saturated heterocycles. The Morgan fingerprint density at radius 1 is 1.00 bits per heavy atom. The second-order valence-corrected chi connectivity index (χ2v) is 7.93. The lowest BCUT2D eigenvalue weighted by atomic mass is 9.56. The van der Waals surface area contributed by atoms with E-state index in [-0.39, 0.29) is 0 Å². The van der Waals surface area contributed by atoms with Gasteiger partial charge in [0.2, 0.25) is 0 Å². The maximum absolute atomic E-state index is 2.50. The summed E-state index contributed by atoms with van der Waals surface area (Å²) in [6, 6.07) is 0. The normalized spacial score (nSPS) is 42.6. The maximum atomic E-state index is 2.50. The van der Waals surface area contributed by atoms with Crippen LogP contribution in [0.1, 0.15) is 60.8 Å². The highest BCUT2D eigenvalue weighted by molar-refractivity contribution is 5.13. The van der Waals surface area contributed by atoms with Crippen LogP contribution in [-0.2, 0) is 0 Å². The molecule has 0 spiro atoms. The molecule has 0 N–H and O–H groups in total. The van der Waals surface area contributed by atoms with Gasteiger partial charge in [0.25, 0.3) is 0 Å². The summed E-state index contributed by atoms with van der Waals surface area (Å²) in [4.78, 5) is 0. The molecule has 0 aliphatic heterocycles. The van der Waals surface area contributed by atoms with Crippen LogP contribution in [0.15, 0.2) is 23.8 Å². The van der Waals surface area contributed by atoms with Gasteiger partial charge in [-0.2, -0.15) is 0 Å². The predicted molar refractivity (Wildman–Crippen MR) is 85.0 cm³/mol. The molecule has 0 nitrogen and oxygen atoms in total. The zero-order valence-corrected chi connectivity index (χ0v) is 13.7. The zero-order valence-electron chi connectivity index (χ0n) is 13.7. The molecular formula is C19H32. The lowest BCUT2D eigenvalue weighted by Crippen LogP contribution is -2.42. The first kappa shape index (κ1) is 14.9. The molecule has 0 bridgehead atoms. The van der Waals surface area contributed by atoms with Gasteiger partial charge in [0.15, 0.2) is 0 Å². The first-order valence-corrected chi connectivity index (χ1v) is 8.16. The van der Waals surface area contributed by atoms with E-state index in [9.17, 15) is 0 Å². The average Bonchev–Trinajstić information content (AvgIpc) is 2.46. The summed E-state index contributed by atoms with van der Waals surface area (Å²) in [5.74, 6) is 4.11. The van der Waals surface area contributed by atoms with E-state index in [1.807, 2.05) is 0 Å². The molecule has 0 saturated carbocycles. The van der Waals surface area contributed by atoms with Crippen molar-refractivity contribution in [2.75, 3.05) is 0 Å². The summed E-state index contributed by atoms with van der Waals surface area (Å²) in [6.07, 6.45) is 11.1. The Hall–Kier alpha value is -0.520. The highest BCUT2D eigenvalue weighted by Gasteiger charge is 2.44. The van der Waals surface area contributed by atoms with Gasteiger partial charge >= 0.3 is 0 Å². The highest BCUT2D eigenvalue weighted by Crippen LogP contribution is 2.51. The van der Waals surface area contributed by atoms with Gasteiger partial charge in [0, 0.05) is 0 Å². The summed E-state index contributed by atoms with van der Waals surface area (Å²) >= 11 is 0. The van der Waals surface area contributed by atoms with E-state index < -0.39 is 0 Å². The van der Waals surface area contributed by atoms with Crippen LogP contribution in [-0.4, -0.2) is 0 Å². The van der Waals surface area contributed by atoms with Gasteiger partial charge in [-0.3, -0.25) is 0 Å². The van der Waals surface area contributed by atoms with Crippen molar-refractivity contribution in [3.63, 3.8) is 0 Å². The topological polar surface area (TPSA) is 0 Å². The van der Waals surface area contributed by atoms with Crippen LogP contribution in [0.2, 0.25) is 0 Å². The predicted octanol–water partition coefficient (Wildman–Crippen LogP) is 5.85. The molecule has 0 heteroatoms. The van der Waals surface area contributed by atoms with E-state index in [0.29, 0.717) is 5.41 Å². The van der Waals surface area contributed by atoms with Crippen molar-refractivity contribution in [3.8, 4) is 0 Å². The molecule has 0 amide bonds. The van der Waals surface area contributed by atoms with Gasteiger partial charge in [0.05, 0.1) is 0 Å². The Morgan fingerprint density at radius 3 is 2.37 bits per heavy atom. The molecule has 0 heterocycles. The Bertz CT molecular complexity index is 371. The molecule has 0 radical (unpaired) electrons. The van der Waals surface area contributed by atoms with Gasteiger partial charge in [-0.1, -0.05) is 58.4 Å². The minimum atomic E-state index is 0.442. The molecule has 19 heavy (non-hydrogen) atoms. The third kappa shape index (κ3) is 2.83. The Balaban J connectivity index is 2.34. The van der Waals surface area contributed by atoms with Crippen LogP contribution < -0.4 is 0 Å².